The topological polar surface area (TPSA) is 80.9 Å². The summed E-state index contributed by atoms with van der Waals surface area (Å²) < 4.78 is 0. The van der Waals surface area contributed by atoms with Crippen molar-refractivity contribution in [1.82, 2.24) is 10.2 Å². The van der Waals surface area contributed by atoms with Gasteiger partial charge in [0, 0.05) is 11.5 Å². The smallest absolute Gasteiger partial charge is 0.230 e. The molecule has 18 heavy (non-hydrogen) atoms. The molecule has 3 N–H and O–H groups in total. The monoisotopic (exact) mass is 292 g/mol. The molecular formula is C11H21ClN4OS. The number of carbonyl (C=O) groups is 1. The molecule has 2 atom stereocenters. The summed E-state index contributed by atoms with van der Waals surface area (Å²) in [6.07, 6.45) is 0. The van der Waals surface area contributed by atoms with Crippen LogP contribution in [0, 0.1) is 5.92 Å². The average Bonchev–Trinajstić information content (AvgIpc) is 2.64. The van der Waals surface area contributed by atoms with Gasteiger partial charge in [-0.1, -0.05) is 39.0 Å². The highest BCUT2D eigenvalue weighted by molar-refractivity contribution is 7.15. The first-order valence-corrected chi connectivity index (χ1v) is 6.44. The predicted molar refractivity (Wildman–Crippen MR) is 77.3 cm³/mol. The zero-order valence-corrected chi connectivity index (χ0v) is 13.0. The minimum atomic E-state index is -0.239. The van der Waals surface area contributed by atoms with Crippen LogP contribution in [0.4, 0.5) is 5.13 Å². The number of carbonyl (C=O) groups excluding carboxylic acids is 1. The summed E-state index contributed by atoms with van der Waals surface area (Å²) in [5.74, 6) is -0.353. The normalized spacial score (nSPS) is 14.6. The molecule has 0 aliphatic rings. The summed E-state index contributed by atoms with van der Waals surface area (Å²) in [6.45, 7) is 9.79. The Morgan fingerprint density at radius 3 is 2.28 bits per heavy atom. The number of amides is 1. The van der Waals surface area contributed by atoms with Crippen molar-refractivity contribution in [1.29, 1.82) is 0 Å². The van der Waals surface area contributed by atoms with Crippen LogP contribution in [0.5, 0.6) is 0 Å². The number of nitrogens with one attached hydrogen (secondary N) is 1. The molecule has 1 aromatic heterocycles. The molecule has 0 spiro atoms. The summed E-state index contributed by atoms with van der Waals surface area (Å²) in [6, 6.07) is -0.176. The van der Waals surface area contributed by atoms with Crippen LogP contribution in [-0.2, 0) is 10.2 Å². The molecule has 5 nitrogen and oxygen atoms in total. The molecule has 0 saturated heterocycles. The number of nitrogens with two attached hydrogens (primary N) is 1. The molecule has 1 aromatic rings. The first kappa shape index (κ1) is 17.3. The quantitative estimate of drug-likeness (QED) is 0.895. The van der Waals surface area contributed by atoms with Gasteiger partial charge < -0.3 is 11.1 Å². The Kier molecular flexibility index (Phi) is 6.19. The second-order valence-electron chi connectivity index (χ2n) is 5.30. The molecule has 0 bridgehead atoms. The lowest BCUT2D eigenvalue weighted by Crippen LogP contribution is -2.34. The molecule has 1 heterocycles. The van der Waals surface area contributed by atoms with Crippen molar-refractivity contribution in [2.24, 2.45) is 11.7 Å². The van der Waals surface area contributed by atoms with Gasteiger partial charge in [-0.05, 0) is 6.92 Å². The predicted octanol–water partition coefficient (Wildman–Crippen LogP) is 2.18. The lowest BCUT2D eigenvalue weighted by Gasteiger charge is -2.14. The number of aromatic nitrogens is 2. The van der Waals surface area contributed by atoms with Gasteiger partial charge in [0.05, 0.1) is 5.92 Å². The molecule has 1 rings (SSSR count). The molecule has 104 valence electrons. The number of hydrogen-bond acceptors (Lipinski definition) is 5. The summed E-state index contributed by atoms with van der Waals surface area (Å²) in [4.78, 5) is 11.8. The fourth-order valence-electron chi connectivity index (χ4n) is 1.03. The molecule has 0 saturated carbocycles. The molecule has 7 heteroatoms. The molecule has 0 aliphatic carbocycles. The van der Waals surface area contributed by atoms with Crippen molar-refractivity contribution >= 4 is 34.8 Å². The van der Waals surface area contributed by atoms with E-state index in [4.69, 9.17) is 5.73 Å². The maximum absolute atomic E-state index is 11.8. The number of nitrogens with zero attached hydrogens (tertiary/aromatic N) is 2. The van der Waals surface area contributed by atoms with Crippen LogP contribution in [0.2, 0.25) is 0 Å². The third-order valence-electron chi connectivity index (χ3n) is 2.50. The standard InChI is InChI=1S/C11H20N4OS.ClH/c1-6(7(2)12)8(16)13-10-15-14-9(17-10)11(3,4)5;/h6-7H,12H2,1-5H3,(H,13,15,16);1H. The molecule has 0 aliphatic heterocycles. The van der Waals surface area contributed by atoms with Crippen molar-refractivity contribution in [3.63, 3.8) is 0 Å². The Morgan fingerprint density at radius 2 is 1.89 bits per heavy atom. The maximum atomic E-state index is 11.8. The number of hydrogen-bond donors (Lipinski definition) is 2. The second kappa shape index (κ2) is 6.45. The summed E-state index contributed by atoms with van der Waals surface area (Å²) in [5, 5.41) is 12.2. The summed E-state index contributed by atoms with van der Waals surface area (Å²) >= 11 is 1.40. The SMILES string of the molecule is CC(N)C(C)C(=O)Nc1nnc(C(C)(C)C)s1.Cl. The van der Waals surface area contributed by atoms with Crippen LogP contribution in [0.25, 0.3) is 0 Å². The molecule has 2 unspecified atom stereocenters. The van der Waals surface area contributed by atoms with E-state index in [1.54, 1.807) is 6.92 Å². The van der Waals surface area contributed by atoms with Gasteiger partial charge in [-0.2, -0.15) is 0 Å². The van der Waals surface area contributed by atoms with E-state index in [9.17, 15) is 4.79 Å². The Balaban J connectivity index is 0.00000289. The highest BCUT2D eigenvalue weighted by Crippen LogP contribution is 2.27. The van der Waals surface area contributed by atoms with Gasteiger partial charge in [-0.25, -0.2) is 0 Å². The van der Waals surface area contributed by atoms with Crippen molar-refractivity contribution in [2.75, 3.05) is 5.32 Å². The molecule has 1 amide bonds. The molecule has 0 radical (unpaired) electrons. The Bertz CT molecular complexity index is 400. The van der Waals surface area contributed by atoms with E-state index in [2.05, 4.69) is 36.3 Å². The number of halogens is 1. The van der Waals surface area contributed by atoms with E-state index in [-0.39, 0.29) is 35.7 Å². The zero-order valence-electron chi connectivity index (χ0n) is 11.4. The van der Waals surface area contributed by atoms with E-state index in [0.29, 0.717) is 5.13 Å². The van der Waals surface area contributed by atoms with Crippen LogP contribution in [0.3, 0.4) is 0 Å². The van der Waals surface area contributed by atoms with Gasteiger partial charge >= 0.3 is 0 Å². The first-order valence-electron chi connectivity index (χ1n) is 5.62. The van der Waals surface area contributed by atoms with E-state index in [1.807, 2.05) is 6.92 Å². The van der Waals surface area contributed by atoms with E-state index < -0.39 is 0 Å². The van der Waals surface area contributed by atoms with Gasteiger partial charge in [0.1, 0.15) is 5.01 Å². The highest BCUT2D eigenvalue weighted by Gasteiger charge is 2.22. The Hall–Kier alpha value is -0.720. The molecular weight excluding hydrogens is 272 g/mol. The Morgan fingerprint density at radius 1 is 1.33 bits per heavy atom. The number of anilines is 1. The fraction of sp³-hybridized carbons (Fsp3) is 0.727. The maximum Gasteiger partial charge on any atom is 0.230 e. The molecule has 0 fully saturated rings. The summed E-state index contributed by atoms with van der Waals surface area (Å²) in [7, 11) is 0. The fourth-order valence-corrected chi connectivity index (χ4v) is 1.84. The van der Waals surface area contributed by atoms with E-state index in [1.165, 1.54) is 11.3 Å². The van der Waals surface area contributed by atoms with Crippen LogP contribution in [0.15, 0.2) is 0 Å². The van der Waals surface area contributed by atoms with Crippen molar-refractivity contribution < 1.29 is 4.79 Å². The summed E-state index contributed by atoms with van der Waals surface area (Å²) in [5.41, 5.74) is 5.62. The minimum absolute atomic E-state index is 0. The lowest BCUT2D eigenvalue weighted by atomic mass is 9.98. The average molecular weight is 293 g/mol. The van der Waals surface area contributed by atoms with Gasteiger partial charge in [-0.3, -0.25) is 4.79 Å². The minimum Gasteiger partial charge on any atom is -0.327 e. The highest BCUT2D eigenvalue weighted by atomic mass is 35.5. The van der Waals surface area contributed by atoms with Crippen molar-refractivity contribution in [2.45, 2.75) is 46.1 Å². The van der Waals surface area contributed by atoms with Crippen LogP contribution in [0.1, 0.15) is 39.6 Å². The van der Waals surface area contributed by atoms with Gasteiger partial charge in [0.2, 0.25) is 11.0 Å². The third kappa shape index (κ3) is 4.51. The largest absolute Gasteiger partial charge is 0.327 e. The van der Waals surface area contributed by atoms with Gasteiger partial charge in [-0.15, -0.1) is 22.6 Å². The first-order chi connectivity index (χ1) is 7.71. The lowest BCUT2D eigenvalue weighted by molar-refractivity contribution is -0.119. The van der Waals surface area contributed by atoms with Crippen LogP contribution < -0.4 is 11.1 Å². The van der Waals surface area contributed by atoms with E-state index in [0.717, 1.165) is 5.01 Å². The Labute approximate surface area is 118 Å². The number of rotatable bonds is 3. The van der Waals surface area contributed by atoms with E-state index >= 15 is 0 Å². The van der Waals surface area contributed by atoms with Crippen molar-refractivity contribution in [3.05, 3.63) is 5.01 Å². The van der Waals surface area contributed by atoms with Crippen LogP contribution >= 0.6 is 23.7 Å². The van der Waals surface area contributed by atoms with Crippen LogP contribution in [-0.4, -0.2) is 22.1 Å². The van der Waals surface area contributed by atoms with Gasteiger partial charge in [0.15, 0.2) is 0 Å². The van der Waals surface area contributed by atoms with Crippen molar-refractivity contribution in [3.8, 4) is 0 Å². The third-order valence-corrected chi connectivity index (χ3v) is 3.76. The second-order valence-corrected chi connectivity index (χ2v) is 6.28. The molecule has 0 aromatic carbocycles. The van der Waals surface area contributed by atoms with Gasteiger partial charge in [0.25, 0.3) is 0 Å². The zero-order chi connectivity index (χ0) is 13.2.